The Morgan fingerprint density at radius 2 is 1.88 bits per heavy atom. The fourth-order valence-corrected chi connectivity index (χ4v) is 2.53. The summed E-state index contributed by atoms with van der Waals surface area (Å²) < 4.78 is 3.02. The van der Waals surface area contributed by atoms with Crippen LogP contribution in [0.15, 0.2) is 28.9 Å². The lowest BCUT2D eigenvalue weighted by Crippen LogP contribution is -1.94. The molecule has 84 valence electrons. The van der Waals surface area contributed by atoms with E-state index < -0.39 is 0 Å². The molecule has 2 nitrogen and oxygen atoms in total. The third kappa shape index (κ3) is 1.92. The van der Waals surface area contributed by atoms with Crippen LogP contribution in [0.1, 0.15) is 18.3 Å². The standard InChI is InChI=1S/C13H15BrN2/c1-4-10-5-7-11(8-6-10)12-13(14)15-9(2)16(12)3/h5-8H,4H2,1-3H3. The van der Waals surface area contributed by atoms with Crippen molar-refractivity contribution in [2.45, 2.75) is 20.3 Å². The molecule has 0 aliphatic rings. The fraction of sp³-hybridized carbons (Fsp3) is 0.308. The normalized spacial score (nSPS) is 10.8. The SMILES string of the molecule is CCc1ccc(-c2c(Br)nc(C)n2C)cc1. The summed E-state index contributed by atoms with van der Waals surface area (Å²) in [5, 5.41) is 0. The molecule has 1 heterocycles. The van der Waals surface area contributed by atoms with Gasteiger partial charge in [-0.1, -0.05) is 31.2 Å². The summed E-state index contributed by atoms with van der Waals surface area (Å²) in [6, 6.07) is 8.65. The monoisotopic (exact) mass is 278 g/mol. The number of aromatic nitrogens is 2. The van der Waals surface area contributed by atoms with Gasteiger partial charge >= 0.3 is 0 Å². The van der Waals surface area contributed by atoms with Gasteiger partial charge in [-0.2, -0.15) is 0 Å². The van der Waals surface area contributed by atoms with Gasteiger partial charge in [0.1, 0.15) is 10.4 Å². The van der Waals surface area contributed by atoms with E-state index in [1.165, 1.54) is 11.1 Å². The second kappa shape index (κ2) is 4.42. The Balaban J connectivity index is 2.50. The summed E-state index contributed by atoms with van der Waals surface area (Å²) in [5.41, 5.74) is 3.70. The van der Waals surface area contributed by atoms with Crippen LogP contribution < -0.4 is 0 Å². The molecule has 0 saturated carbocycles. The molecular formula is C13H15BrN2. The van der Waals surface area contributed by atoms with Crippen LogP contribution in [0.25, 0.3) is 11.3 Å². The van der Waals surface area contributed by atoms with E-state index in [1.54, 1.807) is 0 Å². The highest BCUT2D eigenvalue weighted by Crippen LogP contribution is 2.28. The summed E-state index contributed by atoms with van der Waals surface area (Å²) in [7, 11) is 2.04. The number of hydrogen-bond acceptors (Lipinski definition) is 1. The van der Waals surface area contributed by atoms with Crippen LogP contribution in [0, 0.1) is 6.92 Å². The smallest absolute Gasteiger partial charge is 0.132 e. The highest BCUT2D eigenvalue weighted by molar-refractivity contribution is 9.10. The van der Waals surface area contributed by atoms with Crippen molar-refractivity contribution in [3.05, 3.63) is 40.3 Å². The van der Waals surface area contributed by atoms with Gasteiger partial charge in [-0.15, -0.1) is 0 Å². The van der Waals surface area contributed by atoms with Crippen molar-refractivity contribution in [1.29, 1.82) is 0 Å². The number of benzene rings is 1. The zero-order chi connectivity index (χ0) is 11.7. The zero-order valence-corrected chi connectivity index (χ0v) is 11.4. The molecule has 16 heavy (non-hydrogen) atoms. The van der Waals surface area contributed by atoms with Gasteiger partial charge in [-0.05, 0) is 34.8 Å². The number of halogens is 1. The van der Waals surface area contributed by atoms with Gasteiger partial charge in [0.2, 0.25) is 0 Å². The molecule has 3 heteroatoms. The molecule has 0 aliphatic heterocycles. The molecule has 0 fully saturated rings. The van der Waals surface area contributed by atoms with Crippen LogP contribution >= 0.6 is 15.9 Å². The predicted molar refractivity (Wildman–Crippen MR) is 70.5 cm³/mol. The minimum absolute atomic E-state index is 0.914. The maximum atomic E-state index is 4.41. The quantitative estimate of drug-likeness (QED) is 0.819. The molecule has 0 bridgehead atoms. The molecule has 0 saturated heterocycles. The Morgan fingerprint density at radius 3 is 2.31 bits per heavy atom. The van der Waals surface area contributed by atoms with Crippen LogP contribution in [-0.2, 0) is 13.5 Å². The fourth-order valence-electron chi connectivity index (χ4n) is 1.78. The van der Waals surface area contributed by atoms with Gasteiger partial charge in [0.25, 0.3) is 0 Å². The van der Waals surface area contributed by atoms with Crippen molar-refractivity contribution in [1.82, 2.24) is 9.55 Å². The van der Waals surface area contributed by atoms with Gasteiger partial charge in [0, 0.05) is 12.6 Å². The lowest BCUT2D eigenvalue weighted by Gasteiger charge is -2.05. The number of nitrogens with zero attached hydrogens (tertiary/aromatic N) is 2. The molecule has 0 radical (unpaired) electrons. The topological polar surface area (TPSA) is 17.8 Å². The summed E-state index contributed by atoms with van der Waals surface area (Å²) in [5.74, 6) is 1.02. The largest absolute Gasteiger partial charge is 0.330 e. The highest BCUT2D eigenvalue weighted by atomic mass is 79.9. The van der Waals surface area contributed by atoms with Crippen molar-refractivity contribution in [2.24, 2.45) is 7.05 Å². The van der Waals surface area contributed by atoms with Gasteiger partial charge in [0.15, 0.2) is 0 Å². The first-order valence-electron chi connectivity index (χ1n) is 5.41. The average Bonchev–Trinajstić information content (AvgIpc) is 2.54. The molecular weight excluding hydrogens is 264 g/mol. The van der Waals surface area contributed by atoms with Crippen LogP contribution in [0.4, 0.5) is 0 Å². The van der Waals surface area contributed by atoms with Crippen LogP contribution in [0.3, 0.4) is 0 Å². The second-order valence-corrected chi connectivity index (χ2v) is 4.66. The van der Waals surface area contributed by atoms with E-state index >= 15 is 0 Å². The van der Waals surface area contributed by atoms with Crippen molar-refractivity contribution in [3.63, 3.8) is 0 Å². The summed E-state index contributed by atoms with van der Waals surface area (Å²) in [6.07, 6.45) is 1.08. The lowest BCUT2D eigenvalue weighted by atomic mass is 10.1. The van der Waals surface area contributed by atoms with Crippen LogP contribution in [0.2, 0.25) is 0 Å². The Kier molecular flexibility index (Phi) is 3.15. The Morgan fingerprint density at radius 1 is 1.25 bits per heavy atom. The Labute approximate surface area is 104 Å². The Hall–Kier alpha value is -1.09. The van der Waals surface area contributed by atoms with E-state index in [0.29, 0.717) is 0 Å². The van der Waals surface area contributed by atoms with E-state index in [0.717, 1.165) is 22.5 Å². The molecule has 1 aromatic carbocycles. The molecule has 0 atom stereocenters. The summed E-state index contributed by atoms with van der Waals surface area (Å²) in [4.78, 5) is 4.41. The molecule has 2 aromatic rings. The van der Waals surface area contributed by atoms with Gasteiger partial charge < -0.3 is 4.57 Å². The zero-order valence-electron chi connectivity index (χ0n) is 9.79. The third-order valence-corrected chi connectivity index (χ3v) is 3.46. The average molecular weight is 279 g/mol. The maximum Gasteiger partial charge on any atom is 0.132 e. The molecule has 0 spiro atoms. The number of hydrogen-bond donors (Lipinski definition) is 0. The van der Waals surface area contributed by atoms with E-state index in [4.69, 9.17) is 0 Å². The van der Waals surface area contributed by atoms with Gasteiger partial charge in [0.05, 0.1) is 5.69 Å². The van der Waals surface area contributed by atoms with E-state index in [2.05, 4.69) is 56.7 Å². The number of aryl methyl sites for hydroxylation is 2. The minimum Gasteiger partial charge on any atom is -0.330 e. The Bertz CT molecular complexity index is 497. The number of imidazole rings is 1. The van der Waals surface area contributed by atoms with Crippen LogP contribution in [0.5, 0.6) is 0 Å². The van der Waals surface area contributed by atoms with Gasteiger partial charge in [-0.25, -0.2) is 4.98 Å². The van der Waals surface area contributed by atoms with E-state index in [1.807, 2.05) is 14.0 Å². The van der Waals surface area contributed by atoms with Crippen LogP contribution in [-0.4, -0.2) is 9.55 Å². The molecule has 0 aliphatic carbocycles. The third-order valence-electron chi connectivity index (χ3n) is 2.91. The van der Waals surface area contributed by atoms with E-state index in [9.17, 15) is 0 Å². The summed E-state index contributed by atoms with van der Waals surface area (Å²) >= 11 is 3.51. The molecule has 0 amide bonds. The van der Waals surface area contributed by atoms with E-state index in [-0.39, 0.29) is 0 Å². The highest BCUT2D eigenvalue weighted by Gasteiger charge is 2.11. The molecule has 2 rings (SSSR count). The van der Waals surface area contributed by atoms with Crippen molar-refractivity contribution in [3.8, 4) is 11.3 Å². The minimum atomic E-state index is 0.914. The van der Waals surface area contributed by atoms with Crippen molar-refractivity contribution < 1.29 is 0 Å². The maximum absolute atomic E-state index is 4.41. The predicted octanol–water partition coefficient (Wildman–Crippen LogP) is 3.72. The molecule has 0 N–H and O–H groups in total. The van der Waals surface area contributed by atoms with Crippen molar-refractivity contribution >= 4 is 15.9 Å². The number of rotatable bonds is 2. The van der Waals surface area contributed by atoms with Gasteiger partial charge in [-0.3, -0.25) is 0 Å². The van der Waals surface area contributed by atoms with Crippen molar-refractivity contribution in [2.75, 3.05) is 0 Å². The molecule has 0 unspecified atom stereocenters. The first-order valence-corrected chi connectivity index (χ1v) is 6.21. The first kappa shape index (κ1) is 11.4. The lowest BCUT2D eigenvalue weighted by molar-refractivity contribution is 0.865. The summed E-state index contributed by atoms with van der Waals surface area (Å²) in [6.45, 7) is 4.17. The first-order chi connectivity index (χ1) is 7.63. The second-order valence-electron chi connectivity index (χ2n) is 3.91. The molecule has 1 aromatic heterocycles.